The van der Waals surface area contributed by atoms with Crippen LogP contribution in [0.2, 0.25) is 0 Å². The molecule has 0 radical (unpaired) electrons. The molecule has 2 heterocycles. The van der Waals surface area contributed by atoms with Crippen molar-refractivity contribution in [1.29, 1.82) is 0 Å². The van der Waals surface area contributed by atoms with Crippen molar-refractivity contribution in [3.8, 4) is 0 Å². The topological polar surface area (TPSA) is 97.2 Å². The van der Waals surface area contributed by atoms with Crippen LogP contribution < -0.4 is 5.73 Å². The summed E-state index contributed by atoms with van der Waals surface area (Å²) in [6, 6.07) is -0.346. The minimum absolute atomic E-state index is 0.111. The van der Waals surface area contributed by atoms with E-state index in [9.17, 15) is 14.6 Å². The molecule has 0 spiro atoms. The van der Waals surface area contributed by atoms with Gasteiger partial charge in [0.05, 0.1) is 24.7 Å². The first-order valence-electron chi connectivity index (χ1n) is 6.22. The van der Waals surface area contributed by atoms with Crippen molar-refractivity contribution >= 4 is 16.9 Å². The second-order valence-electron chi connectivity index (χ2n) is 5.38. The molecule has 0 unspecified atom stereocenters. The molecule has 2 saturated carbocycles. The number of hydrogen-bond acceptors (Lipinski definition) is 5. The number of aliphatic hydroxyl groups excluding tert-OH is 2. The van der Waals surface area contributed by atoms with Crippen LogP contribution in [0.25, 0.3) is 11.0 Å². The Labute approximate surface area is 107 Å². The summed E-state index contributed by atoms with van der Waals surface area (Å²) < 4.78 is 15.5. The SMILES string of the molecule is Nc1ncc(F)c2c1ncn2[C@H]1[C@H](O)[C@H](O)[C@@H]2C[C@@H]21. The Hall–Kier alpha value is -1.73. The molecule has 5 atom stereocenters. The molecule has 2 fully saturated rings. The molecular weight excluding hydrogens is 251 g/mol. The summed E-state index contributed by atoms with van der Waals surface area (Å²) in [7, 11) is 0. The fraction of sp³-hybridized carbons (Fsp3) is 0.500. The molecule has 19 heavy (non-hydrogen) atoms. The van der Waals surface area contributed by atoms with E-state index < -0.39 is 18.0 Å². The average molecular weight is 264 g/mol. The molecule has 0 bridgehead atoms. The normalized spacial score (nSPS) is 36.7. The Morgan fingerprint density at radius 3 is 2.74 bits per heavy atom. The van der Waals surface area contributed by atoms with Gasteiger partial charge >= 0.3 is 0 Å². The highest BCUT2D eigenvalue weighted by Gasteiger charge is 2.60. The van der Waals surface area contributed by atoms with Gasteiger partial charge in [0.25, 0.3) is 0 Å². The second kappa shape index (κ2) is 3.43. The molecule has 2 aliphatic rings. The Kier molecular flexibility index (Phi) is 2.01. The van der Waals surface area contributed by atoms with Crippen LogP contribution in [0, 0.1) is 17.7 Å². The van der Waals surface area contributed by atoms with E-state index in [-0.39, 0.29) is 29.2 Å². The van der Waals surface area contributed by atoms with E-state index in [0.717, 1.165) is 12.6 Å². The lowest BCUT2D eigenvalue weighted by atomic mass is 10.1. The van der Waals surface area contributed by atoms with Crippen LogP contribution in [0.5, 0.6) is 0 Å². The quantitative estimate of drug-likeness (QED) is 0.677. The zero-order valence-corrected chi connectivity index (χ0v) is 9.94. The first kappa shape index (κ1) is 11.1. The van der Waals surface area contributed by atoms with Crippen LogP contribution in [0.1, 0.15) is 12.5 Å². The first-order valence-corrected chi connectivity index (χ1v) is 6.22. The highest BCUT2D eigenvalue weighted by molar-refractivity contribution is 5.85. The van der Waals surface area contributed by atoms with Gasteiger partial charge in [-0.25, -0.2) is 14.4 Å². The minimum atomic E-state index is -0.894. The van der Waals surface area contributed by atoms with Crippen molar-refractivity contribution in [2.45, 2.75) is 24.7 Å². The predicted molar refractivity (Wildman–Crippen MR) is 64.5 cm³/mol. The Morgan fingerprint density at radius 1 is 1.26 bits per heavy atom. The second-order valence-corrected chi connectivity index (χ2v) is 5.38. The number of hydrogen-bond donors (Lipinski definition) is 3. The van der Waals surface area contributed by atoms with Crippen LogP contribution in [0.15, 0.2) is 12.5 Å². The van der Waals surface area contributed by atoms with Crippen LogP contribution in [0.4, 0.5) is 10.2 Å². The molecular formula is C12H13FN4O2. The molecule has 100 valence electrons. The number of nitrogens with zero attached hydrogens (tertiary/aromatic N) is 3. The zero-order chi connectivity index (χ0) is 13.3. The third-order valence-electron chi connectivity index (χ3n) is 4.37. The van der Waals surface area contributed by atoms with Gasteiger partial charge in [0, 0.05) is 0 Å². The maximum atomic E-state index is 14.0. The number of halogens is 1. The Morgan fingerprint density at radius 2 is 2.05 bits per heavy atom. The van der Waals surface area contributed by atoms with Gasteiger partial charge in [-0.05, 0) is 18.3 Å². The summed E-state index contributed by atoms with van der Waals surface area (Å²) in [4.78, 5) is 7.80. The number of anilines is 1. The van der Waals surface area contributed by atoms with Gasteiger partial charge in [-0.2, -0.15) is 0 Å². The molecule has 2 aromatic rings. The standard InChI is InChI=1S/C12H13FN4O2/c13-6-2-15-12(14)7-9(6)17(3-16-7)8-4-1-5(4)10(18)11(8)19/h2-5,8,10-11,18-19H,1H2,(H2,14,15)/t4-,5+,8+,10+,11-/m0/s1. The molecule has 0 aliphatic heterocycles. The van der Waals surface area contributed by atoms with E-state index in [0.29, 0.717) is 5.52 Å². The highest BCUT2D eigenvalue weighted by atomic mass is 19.1. The van der Waals surface area contributed by atoms with Crippen molar-refractivity contribution in [3.63, 3.8) is 0 Å². The van der Waals surface area contributed by atoms with Crippen molar-refractivity contribution < 1.29 is 14.6 Å². The lowest BCUT2D eigenvalue weighted by Crippen LogP contribution is -2.31. The third-order valence-corrected chi connectivity index (χ3v) is 4.37. The van der Waals surface area contributed by atoms with Crippen LogP contribution >= 0.6 is 0 Å². The molecule has 4 N–H and O–H groups in total. The lowest BCUT2D eigenvalue weighted by Gasteiger charge is -2.22. The summed E-state index contributed by atoms with van der Waals surface area (Å²) in [6.07, 6.45) is 1.74. The van der Waals surface area contributed by atoms with Gasteiger partial charge in [-0.3, -0.25) is 0 Å². The molecule has 0 saturated heterocycles. The van der Waals surface area contributed by atoms with Gasteiger partial charge in [0.2, 0.25) is 0 Å². The summed E-state index contributed by atoms with van der Waals surface area (Å²) >= 11 is 0. The van der Waals surface area contributed by atoms with E-state index >= 15 is 0 Å². The summed E-state index contributed by atoms with van der Waals surface area (Å²) in [5.74, 6) is -0.0705. The third kappa shape index (κ3) is 1.31. The van der Waals surface area contributed by atoms with E-state index in [1.165, 1.54) is 6.33 Å². The van der Waals surface area contributed by atoms with Gasteiger partial charge in [-0.1, -0.05) is 0 Å². The largest absolute Gasteiger partial charge is 0.390 e. The number of nitrogens with two attached hydrogens (primary N) is 1. The van der Waals surface area contributed by atoms with Gasteiger partial charge in [-0.15, -0.1) is 0 Å². The van der Waals surface area contributed by atoms with Crippen molar-refractivity contribution in [2.75, 3.05) is 5.73 Å². The van der Waals surface area contributed by atoms with Crippen LogP contribution in [-0.2, 0) is 0 Å². The number of rotatable bonds is 1. The zero-order valence-electron chi connectivity index (χ0n) is 9.94. The van der Waals surface area contributed by atoms with Gasteiger partial charge in [0.1, 0.15) is 17.1 Å². The van der Waals surface area contributed by atoms with E-state index in [1.807, 2.05) is 0 Å². The van der Waals surface area contributed by atoms with E-state index in [4.69, 9.17) is 5.73 Å². The summed E-state index contributed by atoms with van der Waals surface area (Å²) in [6.45, 7) is 0. The predicted octanol–water partition coefficient (Wildman–Crippen LogP) is 0.0652. The minimum Gasteiger partial charge on any atom is -0.390 e. The van der Waals surface area contributed by atoms with Crippen molar-refractivity contribution in [2.24, 2.45) is 11.8 Å². The van der Waals surface area contributed by atoms with Crippen molar-refractivity contribution in [1.82, 2.24) is 14.5 Å². The molecule has 2 aromatic heterocycles. The summed E-state index contributed by atoms with van der Waals surface area (Å²) in [5.41, 5.74) is 6.22. The van der Waals surface area contributed by atoms with Crippen LogP contribution in [-0.4, -0.2) is 37.0 Å². The molecule has 6 nitrogen and oxygen atoms in total. The lowest BCUT2D eigenvalue weighted by molar-refractivity contribution is 0.00388. The van der Waals surface area contributed by atoms with Gasteiger partial charge in [0.15, 0.2) is 11.6 Å². The molecule has 7 heteroatoms. The molecule has 2 aliphatic carbocycles. The number of pyridine rings is 1. The van der Waals surface area contributed by atoms with Crippen LogP contribution in [0.3, 0.4) is 0 Å². The fourth-order valence-corrected chi connectivity index (χ4v) is 3.36. The number of aromatic nitrogens is 3. The first-order chi connectivity index (χ1) is 9.09. The average Bonchev–Trinajstić information content (AvgIpc) is 2.96. The van der Waals surface area contributed by atoms with E-state index in [1.54, 1.807) is 4.57 Å². The molecule has 0 aromatic carbocycles. The highest BCUT2D eigenvalue weighted by Crippen LogP contribution is 2.58. The van der Waals surface area contributed by atoms with Gasteiger partial charge < -0.3 is 20.5 Å². The number of nitrogen functional groups attached to an aromatic ring is 1. The van der Waals surface area contributed by atoms with E-state index in [2.05, 4.69) is 9.97 Å². The molecule has 4 rings (SSSR count). The maximum absolute atomic E-state index is 14.0. The number of fused-ring (bicyclic) bond motifs is 2. The monoisotopic (exact) mass is 264 g/mol. The molecule has 0 amide bonds. The number of aliphatic hydroxyl groups is 2. The number of imidazole rings is 1. The Balaban J connectivity index is 1.91. The van der Waals surface area contributed by atoms with Crippen molar-refractivity contribution in [3.05, 3.63) is 18.3 Å². The summed E-state index contributed by atoms with van der Waals surface area (Å²) in [5, 5.41) is 19.9. The smallest absolute Gasteiger partial charge is 0.167 e. The maximum Gasteiger partial charge on any atom is 0.167 e. The fourth-order valence-electron chi connectivity index (χ4n) is 3.36. The Bertz CT molecular complexity index is 673.